The summed E-state index contributed by atoms with van der Waals surface area (Å²) in [5.74, 6) is -0.726. The van der Waals surface area contributed by atoms with Crippen LogP contribution in [-0.4, -0.2) is 30.3 Å². The van der Waals surface area contributed by atoms with Crippen molar-refractivity contribution in [3.05, 3.63) is 28.8 Å². The van der Waals surface area contributed by atoms with E-state index in [1.807, 2.05) is 0 Å². The first kappa shape index (κ1) is 15.0. The van der Waals surface area contributed by atoms with Gasteiger partial charge in [-0.25, -0.2) is 0 Å². The molecule has 0 aliphatic rings. The highest BCUT2D eigenvalue weighted by molar-refractivity contribution is 9.10. The van der Waals surface area contributed by atoms with Gasteiger partial charge in [0.2, 0.25) is 0 Å². The first-order valence-electron chi connectivity index (χ1n) is 5.19. The lowest BCUT2D eigenvalue weighted by molar-refractivity contribution is -0.141. The van der Waals surface area contributed by atoms with Crippen molar-refractivity contribution in [2.24, 2.45) is 0 Å². The molecule has 6 heteroatoms. The fourth-order valence-corrected chi connectivity index (χ4v) is 1.88. The molecule has 0 N–H and O–H groups in total. The van der Waals surface area contributed by atoms with Crippen LogP contribution in [0.1, 0.15) is 17.3 Å². The maximum Gasteiger partial charge on any atom is 0.327 e. The minimum atomic E-state index is -1.06. The zero-order valence-electron chi connectivity index (χ0n) is 9.91. The number of esters is 1. The predicted octanol–water partition coefficient (Wildman–Crippen LogP) is 2.86. The number of ketones is 1. The SMILES string of the molecule is CCOC(=O)[C@@H](Br)C(=O)c1cc(Cl)ccc1OC. The number of benzene rings is 1. The molecule has 0 aromatic heterocycles. The molecule has 1 rings (SSSR count). The summed E-state index contributed by atoms with van der Waals surface area (Å²) in [7, 11) is 1.44. The zero-order chi connectivity index (χ0) is 13.7. The first-order valence-corrected chi connectivity index (χ1v) is 6.49. The van der Waals surface area contributed by atoms with Crippen LogP contribution >= 0.6 is 27.5 Å². The summed E-state index contributed by atoms with van der Waals surface area (Å²) in [6.45, 7) is 1.88. The molecule has 0 amide bonds. The summed E-state index contributed by atoms with van der Waals surface area (Å²) < 4.78 is 9.83. The average Bonchev–Trinajstić information content (AvgIpc) is 2.37. The average molecular weight is 336 g/mol. The van der Waals surface area contributed by atoms with Crippen LogP contribution in [0.4, 0.5) is 0 Å². The number of carbonyl (C=O) groups excluding carboxylic acids is 2. The number of carbonyl (C=O) groups is 2. The molecule has 1 atom stereocenters. The van der Waals surface area contributed by atoms with Gasteiger partial charge in [0, 0.05) is 5.02 Å². The van der Waals surface area contributed by atoms with E-state index in [-0.39, 0.29) is 12.2 Å². The molecule has 0 saturated heterocycles. The Morgan fingerprint density at radius 2 is 2.11 bits per heavy atom. The van der Waals surface area contributed by atoms with Gasteiger partial charge in [0.1, 0.15) is 5.75 Å². The van der Waals surface area contributed by atoms with E-state index in [0.717, 1.165) is 0 Å². The minimum Gasteiger partial charge on any atom is -0.496 e. The van der Waals surface area contributed by atoms with Gasteiger partial charge in [-0.15, -0.1) is 0 Å². The molecular formula is C12H12BrClO4. The summed E-state index contributed by atoms with van der Waals surface area (Å²) >= 11 is 8.84. The number of methoxy groups -OCH3 is 1. The maximum atomic E-state index is 12.1. The lowest BCUT2D eigenvalue weighted by Gasteiger charge is -2.11. The van der Waals surface area contributed by atoms with E-state index in [0.29, 0.717) is 10.8 Å². The number of Topliss-reactive ketones (excluding diaryl/α,β-unsaturated/α-hetero) is 1. The van der Waals surface area contributed by atoms with Gasteiger partial charge < -0.3 is 9.47 Å². The van der Waals surface area contributed by atoms with E-state index in [1.54, 1.807) is 19.1 Å². The normalized spacial score (nSPS) is 11.8. The Labute approximate surface area is 118 Å². The Morgan fingerprint density at radius 1 is 1.44 bits per heavy atom. The standard InChI is InChI=1S/C12H12BrClO4/c1-3-18-12(16)10(13)11(15)8-6-7(14)4-5-9(8)17-2/h4-6,10H,3H2,1-2H3/t10-/m0/s1. The van der Waals surface area contributed by atoms with Gasteiger partial charge in [-0.1, -0.05) is 27.5 Å². The summed E-state index contributed by atoms with van der Waals surface area (Å²) in [4.78, 5) is 22.5. The quantitative estimate of drug-likeness (QED) is 0.359. The number of alkyl halides is 1. The van der Waals surface area contributed by atoms with Crippen LogP contribution in [0.15, 0.2) is 18.2 Å². The van der Waals surface area contributed by atoms with Gasteiger partial charge in [-0.3, -0.25) is 9.59 Å². The predicted molar refractivity (Wildman–Crippen MR) is 71.7 cm³/mol. The Bertz CT molecular complexity index is 461. The summed E-state index contributed by atoms with van der Waals surface area (Å²) in [6.07, 6.45) is 0. The molecule has 1 aromatic carbocycles. The second-order valence-corrected chi connectivity index (χ2v) is 4.68. The van der Waals surface area contributed by atoms with Gasteiger partial charge in [-0.05, 0) is 25.1 Å². The first-order chi connectivity index (χ1) is 8.51. The molecule has 0 bridgehead atoms. The second kappa shape index (κ2) is 6.75. The molecule has 4 nitrogen and oxygen atoms in total. The molecule has 1 aromatic rings. The highest BCUT2D eigenvalue weighted by Gasteiger charge is 2.28. The van der Waals surface area contributed by atoms with Crippen molar-refractivity contribution < 1.29 is 19.1 Å². The molecule has 18 heavy (non-hydrogen) atoms. The molecule has 0 saturated carbocycles. The van der Waals surface area contributed by atoms with E-state index < -0.39 is 16.6 Å². The van der Waals surface area contributed by atoms with Crippen LogP contribution < -0.4 is 4.74 Å². The smallest absolute Gasteiger partial charge is 0.327 e. The Hall–Kier alpha value is -1.07. The Balaban J connectivity index is 3.02. The van der Waals surface area contributed by atoms with E-state index in [2.05, 4.69) is 15.9 Å². The molecular weight excluding hydrogens is 323 g/mol. The lowest BCUT2D eigenvalue weighted by atomic mass is 10.1. The largest absolute Gasteiger partial charge is 0.496 e. The van der Waals surface area contributed by atoms with E-state index in [4.69, 9.17) is 21.1 Å². The third kappa shape index (κ3) is 3.46. The van der Waals surface area contributed by atoms with Crippen LogP contribution in [0.2, 0.25) is 5.02 Å². The van der Waals surface area contributed by atoms with Gasteiger partial charge >= 0.3 is 5.97 Å². The fraction of sp³-hybridized carbons (Fsp3) is 0.333. The number of hydrogen-bond donors (Lipinski definition) is 0. The second-order valence-electron chi connectivity index (χ2n) is 3.32. The number of rotatable bonds is 5. The third-order valence-corrected chi connectivity index (χ3v) is 3.18. The molecule has 0 radical (unpaired) electrons. The molecule has 0 aliphatic heterocycles. The van der Waals surface area contributed by atoms with Crippen molar-refractivity contribution in [3.63, 3.8) is 0 Å². The van der Waals surface area contributed by atoms with Crippen LogP contribution in [-0.2, 0) is 9.53 Å². The van der Waals surface area contributed by atoms with Crippen molar-refractivity contribution in [1.29, 1.82) is 0 Å². The monoisotopic (exact) mass is 334 g/mol. The summed E-state index contributed by atoms with van der Waals surface area (Å²) in [5.41, 5.74) is 0.236. The lowest BCUT2D eigenvalue weighted by Crippen LogP contribution is -2.26. The molecule has 98 valence electrons. The number of ether oxygens (including phenoxy) is 2. The highest BCUT2D eigenvalue weighted by atomic mass is 79.9. The fourth-order valence-electron chi connectivity index (χ4n) is 1.33. The highest BCUT2D eigenvalue weighted by Crippen LogP contribution is 2.25. The van der Waals surface area contributed by atoms with Gasteiger partial charge in [-0.2, -0.15) is 0 Å². The van der Waals surface area contributed by atoms with Crippen molar-refractivity contribution in [2.75, 3.05) is 13.7 Å². The van der Waals surface area contributed by atoms with Crippen LogP contribution in [0, 0.1) is 0 Å². The zero-order valence-corrected chi connectivity index (χ0v) is 12.2. The number of halogens is 2. The van der Waals surface area contributed by atoms with Crippen LogP contribution in [0.5, 0.6) is 5.75 Å². The van der Waals surface area contributed by atoms with Crippen LogP contribution in [0.25, 0.3) is 0 Å². The van der Waals surface area contributed by atoms with E-state index in [1.165, 1.54) is 13.2 Å². The van der Waals surface area contributed by atoms with Crippen LogP contribution in [0.3, 0.4) is 0 Å². The molecule has 0 fully saturated rings. The van der Waals surface area contributed by atoms with E-state index >= 15 is 0 Å². The van der Waals surface area contributed by atoms with Crippen molar-refractivity contribution >= 4 is 39.3 Å². The van der Waals surface area contributed by atoms with Crippen molar-refractivity contribution in [2.45, 2.75) is 11.8 Å². The van der Waals surface area contributed by atoms with E-state index in [9.17, 15) is 9.59 Å². The maximum absolute atomic E-state index is 12.1. The van der Waals surface area contributed by atoms with Gasteiger partial charge in [0.15, 0.2) is 10.6 Å². The third-order valence-electron chi connectivity index (χ3n) is 2.15. The van der Waals surface area contributed by atoms with Crippen molar-refractivity contribution in [3.8, 4) is 5.75 Å². The summed E-state index contributed by atoms with van der Waals surface area (Å²) in [6, 6.07) is 4.63. The summed E-state index contributed by atoms with van der Waals surface area (Å²) in [5, 5.41) is 0.391. The van der Waals surface area contributed by atoms with Gasteiger partial charge in [0.25, 0.3) is 0 Å². The molecule has 0 aliphatic carbocycles. The van der Waals surface area contributed by atoms with Crippen molar-refractivity contribution in [1.82, 2.24) is 0 Å². The van der Waals surface area contributed by atoms with Gasteiger partial charge in [0.05, 0.1) is 19.3 Å². The molecule has 0 spiro atoms. The number of hydrogen-bond acceptors (Lipinski definition) is 4. The Kier molecular flexibility index (Phi) is 5.62. The molecule has 0 unspecified atom stereocenters. The Morgan fingerprint density at radius 3 is 2.67 bits per heavy atom. The molecule has 0 heterocycles. The minimum absolute atomic E-state index is 0.209. The topological polar surface area (TPSA) is 52.6 Å².